The standard InChI is InChI=1S/C76H118NO8P/c1-6-8-10-12-14-16-18-20-22-24-26-28-29-30-31-32-33-34-35-36-37-38-39-40-41-42-43-44-45-46-47-49-51-53-55-57-59-61-63-65-67-69-76(79)85-74(73-84-86(80,81)83-71-70-77(3,4)5)72-82-75(78)68-66-64-62-60-58-56-54-52-50-48-27-25-23-21-19-17-15-13-11-9-7-2/h8-11,14-17,20-23,26-28,30-31,33-34,36-37,39-40,42-43,45-46,48-49,51-52,54-55,57,74H,6-7,12-13,18-19,24-25,29,32,35,38,41,44,47,50,53,56,58-73H2,1-5H3/b10-8-,11-9-,16-14-,17-15-,22-20-,23-21-,28-26-,31-30-,34-33-,37-36-,40-39-,43-42-,46-45-,48-27-,51-49-,54-52-,57-55-. The Kier molecular flexibility index (Phi) is 60.0. The molecule has 0 radical (unpaired) electrons. The van der Waals surface area contributed by atoms with Gasteiger partial charge in [0.25, 0.3) is 7.82 Å². The third kappa shape index (κ3) is 67.7. The molecule has 0 aromatic heterocycles. The molecule has 0 bridgehead atoms. The number of ether oxygens (including phenoxy) is 2. The molecule has 0 aliphatic heterocycles. The number of carbonyl (C=O) groups excluding carboxylic acids is 2. The van der Waals surface area contributed by atoms with Crippen molar-refractivity contribution in [3.8, 4) is 0 Å². The predicted octanol–water partition coefficient (Wildman–Crippen LogP) is 20.8. The number of carbonyl (C=O) groups is 2. The van der Waals surface area contributed by atoms with Gasteiger partial charge >= 0.3 is 11.9 Å². The summed E-state index contributed by atoms with van der Waals surface area (Å²) in [5.74, 6) is -0.903. The van der Waals surface area contributed by atoms with E-state index in [0.717, 1.165) is 167 Å². The van der Waals surface area contributed by atoms with Crippen LogP contribution in [0.1, 0.15) is 206 Å². The molecule has 0 spiro atoms. The second kappa shape index (κ2) is 64.1. The maximum atomic E-state index is 12.8. The smallest absolute Gasteiger partial charge is 0.306 e. The predicted molar refractivity (Wildman–Crippen MR) is 368 cm³/mol. The zero-order valence-corrected chi connectivity index (χ0v) is 55.3. The minimum absolute atomic E-state index is 0.0519. The summed E-state index contributed by atoms with van der Waals surface area (Å²) in [5.41, 5.74) is 0. The molecule has 0 aliphatic carbocycles. The van der Waals surface area contributed by atoms with Crippen LogP contribution in [0, 0.1) is 0 Å². The fraction of sp³-hybridized carbons (Fsp3) is 0.526. The van der Waals surface area contributed by atoms with Gasteiger partial charge in [0.15, 0.2) is 6.10 Å². The molecular formula is C76H118NO8P. The number of phosphoric acid groups is 1. The van der Waals surface area contributed by atoms with Gasteiger partial charge in [0.1, 0.15) is 19.8 Å². The zero-order chi connectivity index (χ0) is 62.6. The Balaban J connectivity index is 4.25. The molecule has 0 aromatic rings. The van der Waals surface area contributed by atoms with Crippen molar-refractivity contribution < 1.29 is 42.1 Å². The Morgan fingerprint density at radius 2 is 0.628 bits per heavy atom. The first-order valence-electron chi connectivity index (χ1n) is 32.8. The van der Waals surface area contributed by atoms with E-state index in [1.54, 1.807) is 0 Å². The van der Waals surface area contributed by atoms with Crippen molar-refractivity contribution in [3.05, 3.63) is 207 Å². The third-order valence-electron chi connectivity index (χ3n) is 12.8. The largest absolute Gasteiger partial charge is 0.756 e. The van der Waals surface area contributed by atoms with Crippen LogP contribution in [0.25, 0.3) is 0 Å². The lowest BCUT2D eigenvalue weighted by molar-refractivity contribution is -0.870. The summed E-state index contributed by atoms with van der Waals surface area (Å²) in [6, 6.07) is 0. The molecule has 480 valence electrons. The molecule has 10 heteroatoms. The van der Waals surface area contributed by atoms with Crippen molar-refractivity contribution >= 4 is 19.8 Å². The first-order chi connectivity index (χ1) is 42.0. The number of hydrogen-bond acceptors (Lipinski definition) is 8. The van der Waals surface area contributed by atoms with Gasteiger partial charge in [-0.15, -0.1) is 0 Å². The molecule has 0 saturated heterocycles. The molecule has 0 heterocycles. The van der Waals surface area contributed by atoms with Gasteiger partial charge in [0, 0.05) is 12.8 Å². The van der Waals surface area contributed by atoms with E-state index < -0.39 is 32.5 Å². The molecule has 0 N–H and O–H groups in total. The molecule has 0 rings (SSSR count). The molecular weight excluding hydrogens is 1090 g/mol. The summed E-state index contributed by atoms with van der Waals surface area (Å²) in [7, 11) is 1.10. The van der Waals surface area contributed by atoms with E-state index in [-0.39, 0.29) is 26.1 Å². The van der Waals surface area contributed by atoms with Crippen LogP contribution in [0.2, 0.25) is 0 Å². The van der Waals surface area contributed by atoms with Crippen molar-refractivity contribution in [2.75, 3.05) is 47.5 Å². The van der Waals surface area contributed by atoms with Crippen LogP contribution in [0.4, 0.5) is 0 Å². The van der Waals surface area contributed by atoms with Crippen LogP contribution in [0.5, 0.6) is 0 Å². The van der Waals surface area contributed by atoms with Crippen molar-refractivity contribution in [2.45, 2.75) is 213 Å². The molecule has 9 nitrogen and oxygen atoms in total. The molecule has 0 aromatic carbocycles. The lowest BCUT2D eigenvalue weighted by Gasteiger charge is -2.28. The number of quaternary nitrogens is 1. The summed E-state index contributed by atoms with van der Waals surface area (Å²) in [6.45, 7) is 3.92. The Bertz CT molecular complexity index is 2200. The topological polar surface area (TPSA) is 111 Å². The fourth-order valence-electron chi connectivity index (χ4n) is 7.84. The van der Waals surface area contributed by atoms with Gasteiger partial charge in [-0.1, -0.05) is 253 Å². The van der Waals surface area contributed by atoms with Gasteiger partial charge in [-0.2, -0.15) is 0 Å². The first kappa shape index (κ1) is 80.6. The van der Waals surface area contributed by atoms with E-state index >= 15 is 0 Å². The molecule has 0 fully saturated rings. The molecule has 0 amide bonds. The monoisotopic (exact) mass is 1200 g/mol. The number of unbranched alkanes of at least 4 members (excludes halogenated alkanes) is 9. The SMILES string of the molecule is CC/C=C\C/C=C\C/C=C\C/C=C\C/C=C\C/C=C\C/C=C\C/C=C\C/C=C\C/C=C\C/C=C\C/C=C\CCCCCCC(=O)OC(COC(=O)CCCCCCC/C=C\C/C=C\C/C=C\C/C=C\C/C=C\CC)COP(=O)([O-])OCC[N+](C)(C)C. The van der Waals surface area contributed by atoms with Gasteiger partial charge in [0.05, 0.1) is 27.7 Å². The van der Waals surface area contributed by atoms with Crippen LogP contribution >= 0.6 is 7.82 Å². The van der Waals surface area contributed by atoms with E-state index in [2.05, 4.69) is 220 Å². The summed E-state index contributed by atoms with van der Waals surface area (Å²) >= 11 is 0. The van der Waals surface area contributed by atoms with Gasteiger partial charge < -0.3 is 27.9 Å². The Hall–Kier alpha value is -5.41. The van der Waals surface area contributed by atoms with Crippen LogP contribution in [0.15, 0.2) is 207 Å². The zero-order valence-electron chi connectivity index (χ0n) is 54.4. The van der Waals surface area contributed by atoms with Crippen LogP contribution in [-0.4, -0.2) is 70.0 Å². The van der Waals surface area contributed by atoms with E-state index in [0.29, 0.717) is 23.9 Å². The fourth-order valence-corrected chi connectivity index (χ4v) is 8.57. The maximum Gasteiger partial charge on any atom is 0.306 e. The first-order valence-corrected chi connectivity index (χ1v) is 34.3. The average Bonchev–Trinajstić information content (AvgIpc) is 3.70. The normalized spacial score (nSPS) is 14.5. The second-order valence-electron chi connectivity index (χ2n) is 22.0. The molecule has 0 saturated carbocycles. The highest BCUT2D eigenvalue weighted by molar-refractivity contribution is 7.45. The number of rotatable bonds is 57. The minimum atomic E-state index is -4.67. The summed E-state index contributed by atoms with van der Waals surface area (Å²) in [5, 5.41) is 0. The highest BCUT2D eigenvalue weighted by Gasteiger charge is 2.22. The minimum Gasteiger partial charge on any atom is -0.756 e. The summed E-state index contributed by atoms with van der Waals surface area (Å²) in [4.78, 5) is 38.0. The van der Waals surface area contributed by atoms with Gasteiger partial charge in [-0.05, 0) is 148 Å². The van der Waals surface area contributed by atoms with Crippen molar-refractivity contribution in [2.24, 2.45) is 0 Å². The van der Waals surface area contributed by atoms with Gasteiger partial charge in [0.2, 0.25) is 0 Å². The van der Waals surface area contributed by atoms with Crippen LogP contribution < -0.4 is 4.89 Å². The quantitative estimate of drug-likeness (QED) is 0.0195. The van der Waals surface area contributed by atoms with E-state index in [1.165, 1.54) is 0 Å². The molecule has 0 aliphatic rings. The van der Waals surface area contributed by atoms with Crippen molar-refractivity contribution in [3.63, 3.8) is 0 Å². The number of nitrogens with zero attached hydrogens (tertiary/aromatic N) is 1. The maximum absolute atomic E-state index is 12.8. The van der Waals surface area contributed by atoms with Crippen molar-refractivity contribution in [1.29, 1.82) is 0 Å². The summed E-state index contributed by atoms with van der Waals surface area (Å²) < 4.78 is 34.1. The lowest BCUT2D eigenvalue weighted by Crippen LogP contribution is -2.37. The Labute approximate surface area is 525 Å². The van der Waals surface area contributed by atoms with Crippen LogP contribution in [-0.2, 0) is 32.7 Å². The summed E-state index contributed by atoms with van der Waals surface area (Å²) in [6.07, 6.45) is 102. The Morgan fingerprint density at radius 3 is 0.930 bits per heavy atom. The number of hydrogen-bond donors (Lipinski definition) is 0. The number of allylic oxidation sites excluding steroid dienone is 34. The number of phosphoric ester groups is 1. The highest BCUT2D eigenvalue weighted by atomic mass is 31.2. The number of esters is 2. The van der Waals surface area contributed by atoms with E-state index in [1.807, 2.05) is 21.1 Å². The number of likely N-dealkylation sites (N-methyl/N-ethyl adjacent to an activating group) is 1. The van der Waals surface area contributed by atoms with E-state index in [4.69, 9.17) is 18.5 Å². The second-order valence-corrected chi connectivity index (χ2v) is 23.4. The molecule has 2 unspecified atom stereocenters. The van der Waals surface area contributed by atoms with Crippen molar-refractivity contribution in [1.82, 2.24) is 0 Å². The average molecular weight is 1200 g/mol. The highest BCUT2D eigenvalue weighted by Crippen LogP contribution is 2.38. The van der Waals surface area contributed by atoms with E-state index in [9.17, 15) is 19.0 Å². The lowest BCUT2D eigenvalue weighted by atomic mass is 10.1. The van der Waals surface area contributed by atoms with Crippen LogP contribution in [0.3, 0.4) is 0 Å². The molecule has 2 atom stereocenters. The Morgan fingerprint density at radius 1 is 0.360 bits per heavy atom. The third-order valence-corrected chi connectivity index (χ3v) is 13.8. The van der Waals surface area contributed by atoms with Gasteiger partial charge in [-0.25, -0.2) is 0 Å². The molecule has 86 heavy (non-hydrogen) atoms. The van der Waals surface area contributed by atoms with Gasteiger partial charge in [-0.3, -0.25) is 14.2 Å².